The number of piperazine rings is 1. The Balaban J connectivity index is 1.23. The van der Waals surface area contributed by atoms with Gasteiger partial charge in [-0.15, -0.1) is 11.3 Å². The first-order valence-electron chi connectivity index (χ1n) is 8.54. The number of nitrogens with zero attached hydrogens (tertiary/aromatic N) is 2. The largest absolute Gasteiger partial charge is 0.454 e. The zero-order valence-electron chi connectivity index (χ0n) is 14.2. The Bertz CT molecular complexity index is 790. The van der Waals surface area contributed by atoms with Gasteiger partial charge in [0.1, 0.15) is 0 Å². The van der Waals surface area contributed by atoms with E-state index in [2.05, 4.69) is 43.2 Å². The molecule has 3 heterocycles. The van der Waals surface area contributed by atoms with Gasteiger partial charge in [-0.1, -0.05) is 0 Å². The van der Waals surface area contributed by atoms with Crippen molar-refractivity contribution in [3.05, 3.63) is 39.0 Å². The highest BCUT2D eigenvalue weighted by molar-refractivity contribution is 9.11. The second kappa shape index (κ2) is 7.96. The maximum absolute atomic E-state index is 12.3. The van der Waals surface area contributed by atoms with Crippen LogP contribution in [-0.2, 0) is 11.3 Å². The molecule has 138 valence electrons. The zero-order valence-corrected chi connectivity index (χ0v) is 16.6. The average molecular weight is 438 g/mol. The van der Waals surface area contributed by atoms with Gasteiger partial charge in [0.2, 0.25) is 12.7 Å². The summed E-state index contributed by atoms with van der Waals surface area (Å²) in [5.41, 5.74) is 0.737. The maximum atomic E-state index is 12.3. The fourth-order valence-corrected chi connectivity index (χ4v) is 4.67. The molecule has 4 rings (SSSR count). The molecule has 1 aromatic carbocycles. The zero-order chi connectivity index (χ0) is 17.9. The lowest BCUT2D eigenvalue weighted by molar-refractivity contribution is -0.117. The van der Waals surface area contributed by atoms with E-state index < -0.39 is 0 Å². The van der Waals surface area contributed by atoms with Crippen LogP contribution in [0, 0.1) is 0 Å². The quantitative estimate of drug-likeness (QED) is 0.778. The van der Waals surface area contributed by atoms with Crippen molar-refractivity contribution in [1.82, 2.24) is 9.80 Å². The molecule has 0 aliphatic carbocycles. The SMILES string of the molecule is O=C(CN1CCN(Cc2ccc(Br)s2)CC1)Nc1ccc2c(c1)OCO2. The maximum Gasteiger partial charge on any atom is 0.238 e. The predicted octanol–water partition coefficient (Wildman–Crippen LogP) is 3.00. The molecule has 8 heteroatoms. The first kappa shape index (κ1) is 17.8. The second-order valence-corrected chi connectivity index (χ2v) is 8.92. The van der Waals surface area contributed by atoms with Gasteiger partial charge in [0.15, 0.2) is 11.5 Å². The third-order valence-electron chi connectivity index (χ3n) is 4.50. The van der Waals surface area contributed by atoms with Gasteiger partial charge in [-0.25, -0.2) is 0 Å². The molecule has 1 aromatic heterocycles. The van der Waals surface area contributed by atoms with Crippen molar-refractivity contribution in [3.63, 3.8) is 0 Å². The van der Waals surface area contributed by atoms with Crippen LogP contribution in [-0.4, -0.2) is 55.2 Å². The molecular weight excluding hydrogens is 418 g/mol. The Hall–Kier alpha value is -1.61. The number of amides is 1. The molecule has 6 nitrogen and oxygen atoms in total. The van der Waals surface area contributed by atoms with E-state index in [-0.39, 0.29) is 12.7 Å². The van der Waals surface area contributed by atoms with Crippen molar-refractivity contribution < 1.29 is 14.3 Å². The highest BCUT2D eigenvalue weighted by Gasteiger charge is 2.20. The molecule has 1 fully saturated rings. The molecule has 1 amide bonds. The summed E-state index contributed by atoms with van der Waals surface area (Å²) in [7, 11) is 0. The molecule has 2 aromatic rings. The molecule has 0 saturated carbocycles. The number of carbonyl (C=O) groups is 1. The fraction of sp³-hybridized carbons (Fsp3) is 0.389. The second-order valence-electron chi connectivity index (χ2n) is 6.37. The van der Waals surface area contributed by atoms with Crippen molar-refractivity contribution in [3.8, 4) is 11.5 Å². The van der Waals surface area contributed by atoms with Crippen LogP contribution in [0.2, 0.25) is 0 Å². The molecule has 1 N–H and O–H groups in total. The summed E-state index contributed by atoms with van der Waals surface area (Å²) in [6.45, 7) is 5.39. The molecule has 2 aliphatic heterocycles. The van der Waals surface area contributed by atoms with E-state index >= 15 is 0 Å². The van der Waals surface area contributed by atoms with Crippen LogP contribution < -0.4 is 14.8 Å². The Labute approximate surface area is 164 Å². The van der Waals surface area contributed by atoms with Gasteiger partial charge < -0.3 is 14.8 Å². The summed E-state index contributed by atoms with van der Waals surface area (Å²) in [5, 5.41) is 2.94. The van der Waals surface area contributed by atoms with Gasteiger partial charge in [0, 0.05) is 49.4 Å². The molecule has 1 saturated heterocycles. The Kier molecular flexibility index (Phi) is 5.44. The Morgan fingerprint density at radius 3 is 2.62 bits per heavy atom. The summed E-state index contributed by atoms with van der Waals surface area (Å²) >= 11 is 5.29. The number of rotatable bonds is 5. The highest BCUT2D eigenvalue weighted by atomic mass is 79.9. The first-order valence-corrected chi connectivity index (χ1v) is 10.1. The molecule has 0 bridgehead atoms. The minimum Gasteiger partial charge on any atom is -0.454 e. The summed E-state index contributed by atoms with van der Waals surface area (Å²) in [4.78, 5) is 18.3. The summed E-state index contributed by atoms with van der Waals surface area (Å²) in [6.07, 6.45) is 0. The van der Waals surface area contributed by atoms with Crippen molar-refractivity contribution in [2.45, 2.75) is 6.54 Å². The van der Waals surface area contributed by atoms with Crippen LogP contribution in [0.3, 0.4) is 0 Å². The van der Waals surface area contributed by atoms with E-state index in [9.17, 15) is 4.79 Å². The third kappa shape index (κ3) is 4.37. The van der Waals surface area contributed by atoms with E-state index in [1.165, 1.54) is 8.66 Å². The molecule has 26 heavy (non-hydrogen) atoms. The number of hydrogen-bond donors (Lipinski definition) is 1. The number of carbonyl (C=O) groups excluding carboxylic acids is 1. The summed E-state index contributed by atoms with van der Waals surface area (Å²) in [6, 6.07) is 9.72. The van der Waals surface area contributed by atoms with Gasteiger partial charge in [-0.2, -0.15) is 0 Å². The fourth-order valence-electron chi connectivity index (χ4n) is 3.14. The number of ether oxygens (including phenoxy) is 2. The Morgan fingerprint density at radius 2 is 1.85 bits per heavy atom. The number of anilines is 1. The number of benzene rings is 1. The van der Waals surface area contributed by atoms with E-state index in [1.54, 1.807) is 17.4 Å². The smallest absolute Gasteiger partial charge is 0.238 e. The number of fused-ring (bicyclic) bond motifs is 1. The minimum atomic E-state index is -0.000460. The van der Waals surface area contributed by atoms with Crippen molar-refractivity contribution in [1.29, 1.82) is 0 Å². The van der Waals surface area contributed by atoms with Crippen molar-refractivity contribution >= 4 is 38.9 Å². The first-order chi connectivity index (χ1) is 12.7. The lowest BCUT2D eigenvalue weighted by Gasteiger charge is -2.34. The van der Waals surface area contributed by atoms with Crippen LogP contribution in [0.4, 0.5) is 5.69 Å². The molecule has 0 unspecified atom stereocenters. The van der Waals surface area contributed by atoms with Crippen molar-refractivity contribution in [2.24, 2.45) is 0 Å². The van der Waals surface area contributed by atoms with E-state index in [0.29, 0.717) is 12.3 Å². The number of thiophene rings is 1. The number of hydrogen-bond acceptors (Lipinski definition) is 6. The molecule has 2 aliphatic rings. The lowest BCUT2D eigenvalue weighted by atomic mass is 10.2. The monoisotopic (exact) mass is 437 g/mol. The van der Waals surface area contributed by atoms with E-state index in [4.69, 9.17) is 9.47 Å². The van der Waals surface area contributed by atoms with Crippen LogP contribution in [0.5, 0.6) is 11.5 Å². The predicted molar refractivity (Wildman–Crippen MR) is 105 cm³/mol. The van der Waals surface area contributed by atoms with Crippen LogP contribution in [0.15, 0.2) is 34.1 Å². The van der Waals surface area contributed by atoms with Gasteiger partial charge in [-0.05, 0) is 40.2 Å². The summed E-state index contributed by atoms with van der Waals surface area (Å²) in [5.74, 6) is 1.40. The lowest BCUT2D eigenvalue weighted by Crippen LogP contribution is -2.48. The van der Waals surface area contributed by atoms with Crippen LogP contribution >= 0.6 is 27.3 Å². The van der Waals surface area contributed by atoms with E-state index in [0.717, 1.165) is 44.2 Å². The Morgan fingerprint density at radius 1 is 1.08 bits per heavy atom. The van der Waals surface area contributed by atoms with Crippen LogP contribution in [0.25, 0.3) is 0 Å². The molecule has 0 atom stereocenters. The number of nitrogens with one attached hydrogen (secondary N) is 1. The summed E-state index contributed by atoms with van der Waals surface area (Å²) < 4.78 is 11.8. The van der Waals surface area contributed by atoms with Gasteiger partial charge >= 0.3 is 0 Å². The number of halogens is 1. The molecular formula is C18H20BrN3O3S. The average Bonchev–Trinajstić information content (AvgIpc) is 3.25. The minimum absolute atomic E-state index is 0.000460. The highest BCUT2D eigenvalue weighted by Crippen LogP contribution is 2.34. The molecule has 0 spiro atoms. The topological polar surface area (TPSA) is 54.0 Å². The van der Waals surface area contributed by atoms with Gasteiger partial charge in [0.05, 0.1) is 10.3 Å². The normalized spacial score (nSPS) is 17.4. The van der Waals surface area contributed by atoms with Gasteiger partial charge in [0.25, 0.3) is 0 Å². The van der Waals surface area contributed by atoms with Crippen molar-refractivity contribution in [2.75, 3.05) is 44.8 Å². The van der Waals surface area contributed by atoms with Crippen LogP contribution in [0.1, 0.15) is 4.88 Å². The standard InChI is InChI=1S/C18H20BrN3O3S/c19-17-4-2-14(26-17)10-21-5-7-22(8-6-21)11-18(23)20-13-1-3-15-16(9-13)25-12-24-15/h1-4,9H,5-8,10-12H2,(H,20,23). The molecule has 0 radical (unpaired) electrons. The third-order valence-corrected chi connectivity index (χ3v) is 6.11. The van der Waals surface area contributed by atoms with Gasteiger partial charge in [-0.3, -0.25) is 14.6 Å². The van der Waals surface area contributed by atoms with E-state index in [1.807, 2.05) is 12.1 Å².